The van der Waals surface area contributed by atoms with E-state index in [2.05, 4.69) is 5.32 Å². The fraction of sp³-hybridized carbons (Fsp3) is 0.350. The first-order valence-corrected chi connectivity index (χ1v) is 9.65. The van der Waals surface area contributed by atoms with Gasteiger partial charge in [0.15, 0.2) is 5.78 Å². The third-order valence-corrected chi connectivity index (χ3v) is 5.50. The lowest BCUT2D eigenvalue weighted by Crippen LogP contribution is -2.37. The van der Waals surface area contributed by atoms with Gasteiger partial charge >= 0.3 is 0 Å². The molecule has 0 unspecified atom stereocenters. The van der Waals surface area contributed by atoms with Crippen molar-refractivity contribution in [2.45, 2.75) is 32.7 Å². The van der Waals surface area contributed by atoms with Gasteiger partial charge in [-0.15, -0.1) is 11.3 Å². The summed E-state index contributed by atoms with van der Waals surface area (Å²) in [5.74, 6) is -0.0362. The highest BCUT2D eigenvalue weighted by atomic mass is 32.1. The van der Waals surface area contributed by atoms with E-state index < -0.39 is 0 Å². The number of rotatable bonds is 6. The Morgan fingerprint density at radius 3 is 2.62 bits per heavy atom. The number of amides is 2. The molecule has 6 heteroatoms. The fourth-order valence-electron chi connectivity index (χ4n) is 3.23. The third kappa shape index (κ3) is 3.85. The average Bonchev–Trinajstić information content (AvgIpc) is 3.23. The van der Waals surface area contributed by atoms with E-state index in [9.17, 15) is 14.4 Å². The van der Waals surface area contributed by atoms with Gasteiger partial charge in [-0.1, -0.05) is 19.1 Å². The molecule has 5 nitrogen and oxygen atoms in total. The van der Waals surface area contributed by atoms with Crippen LogP contribution in [-0.4, -0.2) is 41.6 Å². The van der Waals surface area contributed by atoms with Gasteiger partial charge in [-0.05, 0) is 42.5 Å². The predicted octanol–water partition coefficient (Wildman–Crippen LogP) is 3.36. The normalized spacial score (nSPS) is 16.8. The van der Waals surface area contributed by atoms with Crippen LogP contribution in [0, 0.1) is 0 Å². The molecule has 1 aliphatic rings. The molecule has 1 saturated heterocycles. The van der Waals surface area contributed by atoms with Crippen molar-refractivity contribution in [1.82, 2.24) is 10.2 Å². The highest BCUT2D eigenvalue weighted by Gasteiger charge is 2.30. The van der Waals surface area contributed by atoms with Gasteiger partial charge in [0.25, 0.3) is 5.91 Å². The number of likely N-dealkylation sites (tertiary alicyclic amines) is 1. The molecule has 1 N–H and O–H groups in total. The van der Waals surface area contributed by atoms with E-state index in [4.69, 9.17) is 0 Å². The molecule has 0 aliphatic carbocycles. The van der Waals surface area contributed by atoms with Gasteiger partial charge in [0.05, 0.1) is 10.9 Å². The van der Waals surface area contributed by atoms with Crippen LogP contribution in [0.4, 0.5) is 0 Å². The summed E-state index contributed by atoms with van der Waals surface area (Å²) in [6.45, 7) is 4.90. The summed E-state index contributed by atoms with van der Waals surface area (Å²) in [5, 5.41) is 4.84. The summed E-state index contributed by atoms with van der Waals surface area (Å²) in [6, 6.07) is 9.00. The maximum Gasteiger partial charge on any atom is 0.251 e. The van der Waals surface area contributed by atoms with Crippen LogP contribution in [-0.2, 0) is 4.79 Å². The lowest BCUT2D eigenvalue weighted by molar-refractivity contribution is -0.127. The number of ketones is 1. The molecular weight excluding hydrogens is 348 g/mol. The molecule has 136 valence electrons. The summed E-state index contributed by atoms with van der Waals surface area (Å²) in [5.41, 5.74) is 2.36. The molecule has 0 saturated carbocycles. The van der Waals surface area contributed by atoms with Gasteiger partial charge in [0, 0.05) is 30.6 Å². The van der Waals surface area contributed by atoms with Gasteiger partial charge in [0.2, 0.25) is 5.91 Å². The number of hydrogen-bond donors (Lipinski definition) is 1. The number of carbonyl (C=O) groups excluding carboxylic acids is 3. The molecule has 26 heavy (non-hydrogen) atoms. The first-order valence-electron chi connectivity index (χ1n) is 8.77. The lowest BCUT2D eigenvalue weighted by atomic mass is 10.0. The number of nitrogens with zero attached hydrogens (tertiary/aromatic N) is 1. The van der Waals surface area contributed by atoms with Crippen molar-refractivity contribution < 1.29 is 14.4 Å². The standard InChI is InChI=1S/C20H22N2O3S/c1-3-9-22-12-16(11-18(22)24)21-20(25)15-6-4-14(5-7-15)17-8-10-26-19(17)13(2)23/h4-8,10,16H,3,9,11-12H2,1-2H3,(H,21,25)/t16-/m0/s1. The van der Waals surface area contributed by atoms with Crippen LogP contribution in [0.1, 0.15) is 46.7 Å². The van der Waals surface area contributed by atoms with E-state index in [1.54, 1.807) is 24.0 Å². The van der Waals surface area contributed by atoms with E-state index in [-0.39, 0.29) is 23.6 Å². The Morgan fingerprint density at radius 2 is 1.96 bits per heavy atom. The van der Waals surface area contributed by atoms with E-state index in [0.717, 1.165) is 29.0 Å². The summed E-state index contributed by atoms with van der Waals surface area (Å²) >= 11 is 1.42. The highest BCUT2D eigenvalue weighted by molar-refractivity contribution is 7.12. The summed E-state index contributed by atoms with van der Waals surface area (Å²) < 4.78 is 0. The van der Waals surface area contributed by atoms with Gasteiger partial charge in [-0.25, -0.2) is 0 Å². The molecular formula is C20H22N2O3S. The Kier molecular flexibility index (Phi) is 5.52. The number of nitrogens with one attached hydrogen (secondary N) is 1. The average molecular weight is 370 g/mol. The molecule has 1 fully saturated rings. The minimum absolute atomic E-state index is 0.0411. The molecule has 3 rings (SSSR count). The maximum absolute atomic E-state index is 12.5. The van der Waals surface area contributed by atoms with Gasteiger partial charge < -0.3 is 10.2 Å². The first kappa shape index (κ1) is 18.3. The Bertz CT molecular complexity index is 826. The number of benzene rings is 1. The zero-order valence-electron chi connectivity index (χ0n) is 15.0. The van der Waals surface area contributed by atoms with Crippen LogP contribution in [0.2, 0.25) is 0 Å². The SMILES string of the molecule is CCCN1C[C@@H](NC(=O)c2ccc(-c3ccsc3C(C)=O)cc2)CC1=O. The second-order valence-electron chi connectivity index (χ2n) is 6.51. The van der Waals surface area contributed by atoms with E-state index in [0.29, 0.717) is 18.5 Å². The van der Waals surface area contributed by atoms with Crippen LogP contribution in [0.5, 0.6) is 0 Å². The smallest absolute Gasteiger partial charge is 0.251 e. The first-order chi connectivity index (χ1) is 12.5. The zero-order valence-corrected chi connectivity index (χ0v) is 15.8. The van der Waals surface area contributed by atoms with Crippen LogP contribution in [0.3, 0.4) is 0 Å². The quantitative estimate of drug-likeness (QED) is 0.793. The molecule has 0 spiro atoms. The third-order valence-electron chi connectivity index (χ3n) is 4.49. The minimum Gasteiger partial charge on any atom is -0.347 e. The van der Waals surface area contributed by atoms with Crippen molar-refractivity contribution in [3.8, 4) is 11.1 Å². The zero-order chi connectivity index (χ0) is 18.7. The van der Waals surface area contributed by atoms with Gasteiger partial charge in [0.1, 0.15) is 0 Å². The summed E-state index contributed by atoms with van der Waals surface area (Å²) in [6.07, 6.45) is 1.28. The van der Waals surface area contributed by atoms with Crippen LogP contribution in [0.25, 0.3) is 11.1 Å². The number of carbonyl (C=O) groups is 3. The molecule has 2 heterocycles. The van der Waals surface area contributed by atoms with Gasteiger partial charge in [-0.2, -0.15) is 0 Å². The van der Waals surface area contributed by atoms with Crippen molar-refractivity contribution in [3.05, 3.63) is 46.2 Å². The molecule has 1 aromatic heterocycles. The van der Waals surface area contributed by atoms with Crippen molar-refractivity contribution in [3.63, 3.8) is 0 Å². The highest BCUT2D eigenvalue weighted by Crippen LogP contribution is 2.29. The predicted molar refractivity (Wildman–Crippen MR) is 103 cm³/mol. The van der Waals surface area contributed by atoms with Crippen molar-refractivity contribution in [1.29, 1.82) is 0 Å². The van der Waals surface area contributed by atoms with E-state index in [1.807, 2.05) is 30.5 Å². The van der Waals surface area contributed by atoms with E-state index in [1.165, 1.54) is 11.3 Å². The monoisotopic (exact) mass is 370 g/mol. The molecule has 1 atom stereocenters. The number of thiophene rings is 1. The topological polar surface area (TPSA) is 66.5 Å². The Morgan fingerprint density at radius 1 is 1.23 bits per heavy atom. The van der Waals surface area contributed by atoms with Crippen molar-refractivity contribution in [2.24, 2.45) is 0 Å². The van der Waals surface area contributed by atoms with Crippen molar-refractivity contribution in [2.75, 3.05) is 13.1 Å². The molecule has 0 bridgehead atoms. The summed E-state index contributed by atoms with van der Waals surface area (Å²) in [4.78, 5) is 38.6. The molecule has 2 amide bonds. The van der Waals surface area contributed by atoms with Crippen molar-refractivity contribution >= 4 is 28.9 Å². The van der Waals surface area contributed by atoms with Crippen LogP contribution < -0.4 is 5.32 Å². The molecule has 1 aromatic carbocycles. The number of hydrogen-bond acceptors (Lipinski definition) is 4. The van der Waals surface area contributed by atoms with Crippen LogP contribution in [0.15, 0.2) is 35.7 Å². The second kappa shape index (κ2) is 7.83. The van der Waals surface area contributed by atoms with Crippen LogP contribution >= 0.6 is 11.3 Å². The maximum atomic E-state index is 12.5. The molecule has 0 radical (unpaired) electrons. The Labute approximate surface area is 157 Å². The molecule has 2 aromatic rings. The molecule has 1 aliphatic heterocycles. The Hall–Kier alpha value is -2.47. The van der Waals surface area contributed by atoms with Gasteiger partial charge in [-0.3, -0.25) is 14.4 Å². The fourth-order valence-corrected chi connectivity index (χ4v) is 4.05. The minimum atomic E-state index is -0.176. The lowest BCUT2D eigenvalue weighted by Gasteiger charge is -2.16. The Balaban J connectivity index is 1.67. The summed E-state index contributed by atoms with van der Waals surface area (Å²) in [7, 11) is 0. The second-order valence-corrected chi connectivity index (χ2v) is 7.43. The largest absolute Gasteiger partial charge is 0.347 e. The number of Topliss-reactive ketones (excluding diaryl/α,β-unsaturated/α-hetero) is 1. The van der Waals surface area contributed by atoms with E-state index >= 15 is 0 Å².